The predicted molar refractivity (Wildman–Crippen MR) is 131 cm³/mol. The molecule has 1 aliphatic heterocycles. The smallest absolute Gasteiger partial charge is 0.253 e. The number of benzene rings is 2. The van der Waals surface area contributed by atoms with Crippen molar-refractivity contribution in [1.29, 1.82) is 0 Å². The number of rotatable bonds is 7. The quantitative estimate of drug-likeness (QED) is 0.384. The molecule has 35 heavy (non-hydrogen) atoms. The van der Waals surface area contributed by atoms with Crippen molar-refractivity contribution >= 4 is 16.1 Å². The maximum Gasteiger partial charge on any atom is 0.253 e. The van der Waals surface area contributed by atoms with Crippen LogP contribution in [0.5, 0.6) is 0 Å². The van der Waals surface area contributed by atoms with Crippen LogP contribution < -0.4 is 0 Å². The summed E-state index contributed by atoms with van der Waals surface area (Å²) in [4.78, 5) is 2.10. The molecule has 0 N–H and O–H groups in total. The van der Waals surface area contributed by atoms with Crippen LogP contribution >= 0.6 is 0 Å². The van der Waals surface area contributed by atoms with Gasteiger partial charge in [-0.15, -0.1) is 10.2 Å². The van der Waals surface area contributed by atoms with E-state index in [4.69, 9.17) is 8.94 Å². The van der Waals surface area contributed by atoms with E-state index in [-0.39, 0.29) is 0 Å². The molecule has 10 heteroatoms. The van der Waals surface area contributed by atoms with Crippen LogP contribution in [0, 0.1) is 6.92 Å². The Kier molecular flexibility index (Phi) is 6.58. The summed E-state index contributed by atoms with van der Waals surface area (Å²) in [6, 6.07) is 19.1. The Balaban J connectivity index is 1.22. The molecule has 1 fully saturated rings. The fourth-order valence-electron chi connectivity index (χ4n) is 3.98. The van der Waals surface area contributed by atoms with Gasteiger partial charge < -0.3 is 8.94 Å². The number of hydrogen-bond donors (Lipinski definition) is 0. The normalized spacial score (nSPS) is 15.7. The largest absolute Gasteiger partial charge is 0.419 e. The standard InChI is InChI=1S/C25H25N5O4S/c1-19-23(24(28-34-19)21-10-6-3-7-11-21)25-27-26-22(33-25)18-29-13-15-30(16-14-29)35(31,32)17-12-20-8-4-2-5-9-20/h2-12,17H,13-16,18H2,1H3. The van der Waals surface area contributed by atoms with Gasteiger partial charge in [0.25, 0.3) is 5.89 Å². The number of sulfonamides is 1. The third kappa shape index (κ3) is 5.24. The average molecular weight is 492 g/mol. The first-order valence-electron chi connectivity index (χ1n) is 11.3. The van der Waals surface area contributed by atoms with Crippen molar-refractivity contribution in [3.8, 4) is 22.7 Å². The van der Waals surface area contributed by atoms with Gasteiger partial charge in [0.15, 0.2) is 0 Å². The summed E-state index contributed by atoms with van der Waals surface area (Å²) in [6.45, 7) is 4.17. The topological polar surface area (TPSA) is 106 Å². The van der Waals surface area contributed by atoms with Crippen LogP contribution in [0.4, 0.5) is 0 Å². The van der Waals surface area contributed by atoms with Crippen molar-refractivity contribution in [1.82, 2.24) is 24.6 Å². The molecule has 0 unspecified atom stereocenters. The van der Waals surface area contributed by atoms with Crippen LogP contribution in [-0.2, 0) is 16.6 Å². The molecule has 4 aromatic rings. The Labute approximate surface area is 203 Å². The van der Waals surface area contributed by atoms with Gasteiger partial charge in [-0.2, -0.15) is 4.31 Å². The zero-order chi connectivity index (χ0) is 24.3. The summed E-state index contributed by atoms with van der Waals surface area (Å²) in [5, 5.41) is 13.9. The second-order valence-electron chi connectivity index (χ2n) is 8.26. The zero-order valence-electron chi connectivity index (χ0n) is 19.2. The Morgan fingerprint density at radius 1 is 0.943 bits per heavy atom. The maximum atomic E-state index is 12.7. The van der Waals surface area contributed by atoms with E-state index in [0.29, 0.717) is 61.5 Å². The van der Waals surface area contributed by atoms with Crippen LogP contribution in [0.15, 0.2) is 75.0 Å². The van der Waals surface area contributed by atoms with Gasteiger partial charge in [-0.1, -0.05) is 65.8 Å². The first-order chi connectivity index (χ1) is 17.0. The highest BCUT2D eigenvalue weighted by Gasteiger charge is 2.27. The monoisotopic (exact) mass is 491 g/mol. The van der Waals surface area contributed by atoms with Gasteiger partial charge in [-0.3, -0.25) is 4.90 Å². The summed E-state index contributed by atoms with van der Waals surface area (Å²) in [6.07, 6.45) is 1.62. The Bertz CT molecular complexity index is 1410. The van der Waals surface area contributed by atoms with E-state index in [9.17, 15) is 8.42 Å². The molecule has 0 bridgehead atoms. The molecule has 1 aliphatic rings. The molecule has 5 rings (SSSR count). The lowest BCUT2D eigenvalue weighted by atomic mass is 10.1. The fraction of sp³-hybridized carbons (Fsp3) is 0.240. The average Bonchev–Trinajstić information content (AvgIpc) is 3.50. The third-order valence-corrected chi connectivity index (χ3v) is 7.44. The van der Waals surface area contributed by atoms with E-state index in [1.165, 1.54) is 9.71 Å². The van der Waals surface area contributed by atoms with E-state index < -0.39 is 10.0 Å². The van der Waals surface area contributed by atoms with Crippen molar-refractivity contribution in [2.24, 2.45) is 0 Å². The maximum absolute atomic E-state index is 12.7. The van der Waals surface area contributed by atoms with Crippen molar-refractivity contribution in [3.63, 3.8) is 0 Å². The minimum absolute atomic E-state index is 0.352. The number of piperazine rings is 1. The van der Waals surface area contributed by atoms with Crippen molar-refractivity contribution in [3.05, 3.63) is 83.3 Å². The first-order valence-corrected chi connectivity index (χ1v) is 12.8. The molecule has 0 amide bonds. The molecule has 0 spiro atoms. The molecule has 180 valence electrons. The molecule has 2 aromatic heterocycles. The van der Waals surface area contributed by atoms with Gasteiger partial charge in [0.2, 0.25) is 15.9 Å². The second kappa shape index (κ2) is 9.95. The van der Waals surface area contributed by atoms with E-state index >= 15 is 0 Å². The minimum Gasteiger partial charge on any atom is -0.419 e. The van der Waals surface area contributed by atoms with E-state index in [1.54, 1.807) is 6.08 Å². The van der Waals surface area contributed by atoms with Crippen molar-refractivity contribution in [2.45, 2.75) is 13.5 Å². The van der Waals surface area contributed by atoms with Gasteiger partial charge in [0.05, 0.1) is 6.54 Å². The Hall–Kier alpha value is -3.60. The van der Waals surface area contributed by atoms with E-state index in [2.05, 4.69) is 20.3 Å². The molecule has 2 aromatic carbocycles. The molecule has 0 aliphatic carbocycles. The number of aryl methyl sites for hydroxylation is 1. The molecule has 1 saturated heterocycles. The second-order valence-corrected chi connectivity index (χ2v) is 10.1. The lowest BCUT2D eigenvalue weighted by Gasteiger charge is -2.32. The predicted octanol–water partition coefficient (Wildman–Crippen LogP) is 3.82. The molecule has 0 radical (unpaired) electrons. The summed E-state index contributed by atoms with van der Waals surface area (Å²) in [7, 11) is -3.48. The van der Waals surface area contributed by atoms with Gasteiger partial charge in [0.1, 0.15) is 17.0 Å². The molecule has 3 heterocycles. The highest BCUT2D eigenvalue weighted by atomic mass is 32.2. The number of nitrogens with zero attached hydrogens (tertiary/aromatic N) is 5. The highest BCUT2D eigenvalue weighted by Crippen LogP contribution is 2.33. The number of aromatic nitrogens is 3. The molecular formula is C25H25N5O4S. The van der Waals surface area contributed by atoms with Crippen LogP contribution in [0.25, 0.3) is 28.8 Å². The first kappa shape index (κ1) is 23.2. The Morgan fingerprint density at radius 2 is 1.63 bits per heavy atom. The fourth-order valence-corrected chi connectivity index (χ4v) is 5.16. The number of hydrogen-bond acceptors (Lipinski definition) is 8. The third-order valence-electron chi connectivity index (χ3n) is 5.87. The van der Waals surface area contributed by atoms with Gasteiger partial charge in [-0.25, -0.2) is 8.42 Å². The van der Waals surface area contributed by atoms with Gasteiger partial charge in [0, 0.05) is 37.2 Å². The summed E-state index contributed by atoms with van der Waals surface area (Å²) in [5.74, 6) is 1.41. The lowest BCUT2D eigenvalue weighted by Crippen LogP contribution is -2.47. The van der Waals surface area contributed by atoms with Gasteiger partial charge >= 0.3 is 0 Å². The van der Waals surface area contributed by atoms with Gasteiger partial charge in [-0.05, 0) is 18.6 Å². The van der Waals surface area contributed by atoms with Crippen molar-refractivity contribution in [2.75, 3.05) is 26.2 Å². The summed E-state index contributed by atoms with van der Waals surface area (Å²) in [5.41, 5.74) is 3.08. The molecule has 0 atom stereocenters. The van der Waals surface area contributed by atoms with Crippen LogP contribution in [0.2, 0.25) is 0 Å². The van der Waals surface area contributed by atoms with E-state index in [0.717, 1.165) is 11.1 Å². The minimum atomic E-state index is -3.48. The van der Waals surface area contributed by atoms with Crippen LogP contribution in [-0.4, -0.2) is 59.2 Å². The Morgan fingerprint density at radius 3 is 2.34 bits per heavy atom. The lowest BCUT2D eigenvalue weighted by molar-refractivity contribution is 0.169. The summed E-state index contributed by atoms with van der Waals surface area (Å²) >= 11 is 0. The highest BCUT2D eigenvalue weighted by molar-refractivity contribution is 7.92. The summed E-state index contributed by atoms with van der Waals surface area (Å²) < 4.78 is 38.3. The van der Waals surface area contributed by atoms with Crippen LogP contribution in [0.1, 0.15) is 17.2 Å². The molecule has 9 nitrogen and oxygen atoms in total. The SMILES string of the molecule is Cc1onc(-c2ccccc2)c1-c1nnc(CN2CCN(S(=O)(=O)C=Cc3ccccc3)CC2)o1. The zero-order valence-corrected chi connectivity index (χ0v) is 20.1. The van der Waals surface area contributed by atoms with E-state index in [1.807, 2.05) is 67.6 Å². The van der Waals surface area contributed by atoms with Crippen LogP contribution in [0.3, 0.4) is 0 Å². The molecule has 0 saturated carbocycles. The van der Waals surface area contributed by atoms with Crippen molar-refractivity contribution < 1.29 is 17.4 Å². The molecular weight excluding hydrogens is 466 g/mol.